The molecule has 20 heteroatoms. The quantitative estimate of drug-likeness (QED) is 0.0322. The zero-order valence-electron chi connectivity index (χ0n) is 47.4. The molecule has 0 saturated carbocycles. The van der Waals surface area contributed by atoms with Gasteiger partial charge in [-0.1, -0.05) is 72.8 Å². The van der Waals surface area contributed by atoms with Crippen molar-refractivity contribution in [1.82, 2.24) is 19.9 Å². The third kappa shape index (κ3) is 15.6. The molecule has 1 aliphatic carbocycles. The molecule has 18 N–H and O–H groups in total. The van der Waals surface area contributed by atoms with Gasteiger partial charge >= 0.3 is 0 Å². The van der Waals surface area contributed by atoms with Crippen LogP contribution in [-0.2, 0) is 64.6 Å². The average molecular weight is 1130 g/mol. The van der Waals surface area contributed by atoms with E-state index in [1.165, 1.54) is 0 Å². The maximum Gasteiger partial charge on any atom is 0.185 e. The number of hydrogen-bond acceptors (Lipinski definition) is 12. The van der Waals surface area contributed by atoms with Gasteiger partial charge in [-0.2, -0.15) is 0 Å². The normalized spacial score (nSPS) is 11.7. The summed E-state index contributed by atoms with van der Waals surface area (Å²) in [7, 11) is 0. The van der Waals surface area contributed by atoms with Crippen LogP contribution in [0, 0.1) is 13.8 Å². The Hall–Kier alpha value is -10.2. The van der Waals surface area contributed by atoms with Crippen molar-refractivity contribution >= 4 is 23.8 Å². The van der Waals surface area contributed by atoms with Crippen LogP contribution < -0.4 is 55.3 Å². The third-order valence-corrected chi connectivity index (χ3v) is 14.2. The first-order valence-corrected chi connectivity index (χ1v) is 27.7. The highest BCUT2D eigenvalue weighted by atomic mass is 16.5. The summed E-state index contributed by atoms with van der Waals surface area (Å²) in [5.74, 6) is 1.14. The van der Waals surface area contributed by atoms with Crippen molar-refractivity contribution in [3.8, 4) is 45.8 Å². The van der Waals surface area contributed by atoms with E-state index in [1.54, 1.807) is 0 Å². The molecule has 0 spiro atoms. The molecule has 20 nitrogen and oxygen atoms in total. The molecule has 4 heterocycles. The van der Waals surface area contributed by atoms with Crippen molar-refractivity contribution < 1.29 is 19.7 Å². The van der Waals surface area contributed by atoms with Gasteiger partial charge in [0, 0.05) is 63.3 Å². The highest BCUT2D eigenvalue weighted by molar-refractivity contribution is 5.77. The number of phenols is 2. The van der Waals surface area contributed by atoms with Gasteiger partial charge in [-0.15, -0.1) is 0 Å². The number of pyridine rings is 4. The summed E-state index contributed by atoms with van der Waals surface area (Å²) in [5.41, 5.74) is 61.8. The lowest BCUT2D eigenvalue weighted by Gasteiger charge is -2.23. The van der Waals surface area contributed by atoms with Crippen LogP contribution >= 0.6 is 0 Å². The highest BCUT2D eigenvalue weighted by Gasteiger charge is 2.24. The predicted molar refractivity (Wildman–Crippen MR) is 331 cm³/mol. The first-order valence-electron chi connectivity index (χ1n) is 27.7. The number of fused-ring (bicyclic) bond motifs is 8. The number of aliphatic imine (C=N–C) groups is 4. The minimum Gasteiger partial charge on any atom is -0.507 e. The van der Waals surface area contributed by atoms with Crippen molar-refractivity contribution in [2.75, 3.05) is 26.2 Å². The molecule has 0 unspecified atom stereocenters. The van der Waals surface area contributed by atoms with Gasteiger partial charge in [-0.25, -0.2) is 9.97 Å². The molecule has 9 rings (SSSR count). The van der Waals surface area contributed by atoms with Crippen LogP contribution in [0.4, 0.5) is 0 Å². The number of nitrogens with zero attached hydrogens (tertiary/aromatic N) is 8. The van der Waals surface area contributed by atoms with Gasteiger partial charge in [0.1, 0.15) is 36.2 Å². The van der Waals surface area contributed by atoms with E-state index in [4.69, 9.17) is 75.3 Å². The molecule has 0 atom stereocenters. The Labute approximate surface area is 488 Å². The second-order valence-electron chi connectivity index (χ2n) is 20.9. The smallest absolute Gasteiger partial charge is 0.185 e. The van der Waals surface area contributed by atoms with Gasteiger partial charge in [-0.05, 0) is 155 Å². The Balaban J connectivity index is 1.26. The summed E-state index contributed by atoms with van der Waals surface area (Å²) in [5, 5.41) is 25.7. The molecule has 0 fully saturated rings. The molecule has 0 radical (unpaired) electrons. The molecule has 0 aliphatic heterocycles. The molecule has 0 saturated heterocycles. The number of ether oxygens (including phenoxy) is 2. The van der Waals surface area contributed by atoms with Crippen LogP contribution in [0.15, 0.2) is 141 Å². The fourth-order valence-corrected chi connectivity index (χ4v) is 10.5. The summed E-state index contributed by atoms with van der Waals surface area (Å²) in [4.78, 5) is 36.8. The predicted octanol–water partition coefficient (Wildman–Crippen LogP) is 5.73. The van der Waals surface area contributed by atoms with Crippen LogP contribution in [0.5, 0.6) is 23.0 Å². The van der Waals surface area contributed by atoms with Crippen LogP contribution in [-0.4, -0.2) is 80.2 Å². The largest absolute Gasteiger partial charge is 0.507 e. The maximum absolute atomic E-state index is 12.9. The van der Waals surface area contributed by atoms with Crippen LogP contribution in [0.25, 0.3) is 22.8 Å². The fourth-order valence-electron chi connectivity index (χ4n) is 10.5. The standard InChI is InChI=1S/C64H72N16O4/c1-37-7-3-11-53(77-37)55-13-5-9-51(79-55)35-83-59-47-27-41(17-21-75-63(69)70)28-48(59)32-44-24-40(16-20-74-62(67)68)26-46(58(44)82)34-50-30-42(18-22-76-64(71)72)29-49(33-45-25-39(15-19-73-61(65)66)23-43(31-47)57(45)81)60(50)84-36-52-10-6-14-56(80-52)54-12-4-8-38(2)78-54/h3-14,23-30,81-82H,15-22,31-36H2,1-2H3,(H4,65,66,73)(H4,67,68,74)(H4,69,70,75)(H4,71,72,76). The number of guanidine groups is 4. The summed E-state index contributed by atoms with van der Waals surface area (Å²) in [6.45, 7) is 5.23. The number of aromatic hydroxyl groups is 2. The molecular weight excluding hydrogens is 1060 g/mol. The van der Waals surface area contributed by atoms with Crippen molar-refractivity contribution in [2.45, 2.75) is 78.4 Å². The number of benzene rings is 4. The number of nitrogens with two attached hydrogens (primary N) is 8. The number of phenolic OH excluding ortho intramolecular Hbond substituents is 2. The molecule has 0 amide bonds. The van der Waals surface area contributed by atoms with E-state index in [1.807, 2.05) is 111 Å². The first-order chi connectivity index (χ1) is 40.5. The number of aryl methyl sites for hydroxylation is 2. The van der Waals surface area contributed by atoms with E-state index in [0.717, 1.165) is 67.3 Å². The monoisotopic (exact) mass is 1130 g/mol. The van der Waals surface area contributed by atoms with E-state index >= 15 is 0 Å². The van der Waals surface area contributed by atoms with E-state index in [2.05, 4.69) is 44.2 Å². The average Bonchev–Trinajstić information content (AvgIpc) is 3.50. The van der Waals surface area contributed by atoms with Crippen molar-refractivity contribution in [1.29, 1.82) is 0 Å². The highest BCUT2D eigenvalue weighted by Crippen LogP contribution is 2.41. The van der Waals surface area contributed by atoms with E-state index < -0.39 is 0 Å². The molecular formula is C64H72N16O4. The summed E-state index contributed by atoms with van der Waals surface area (Å²) in [6, 6.07) is 39.3. The molecule has 84 heavy (non-hydrogen) atoms. The first kappa shape index (κ1) is 58.4. The Morgan fingerprint density at radius 2 is 0.643 bits per heavy atom. The van der Waals surface area contributed by atoms with Crippen molar-refractivity contribution in [3.63, 3.8) is 0 Å². The Bertz CT molecular complexity index is 3460. The lowest BCUT2D eigenvalue weighted by molar-refractivity contribution is 0.295. The zero-order chi connectivity index (χ0) is 59.3. The van der Waals surface area contributed by atoms with Gasteiger partial charge < -0.3 is 65.6 Å². The van der Waals surface area contributed by atoms with E-state index in [0.29, 0.717) is 108 Å². The van der Waals surface area contributed by atoms with Crippen molar-refractivity contribution in [3.05, 3.63) is 211 Å². The van der Waals surface area contributed by atoms with E-state index in [-0.39, 0.29) is 74.2 Å². The van der Waals surface area contributed by atoms with Gasteiger partial charge in [0.25, 0.3) is 0 Å². The molecule has 8 aromatic rings. The molecule has 1 aliphatic rings. The second kappa shape index (κ2) is 27.0. The lowest BCUT2D eigenvalue weighted by atomic mass is 9.87. The zero-order valence-corrected chi connectivity index (χ0v) is 47.4. The van der Waals surface area contributed by atoms with Gasteiger partial charge in [0.05, 0.1) is 34.2 Å². The van der Waals surface area contributed by atoms with Gasteiger partial charge in [-0.3, -0.25) is 29.9 Å². The molecule has 4 aromatic heterocycles. The van der Waals surface area contributed by atoms with Gasteiger partial charge in [0.15, 0.2) is 23.8 Å². The number of rotatable bonds is 20. The maximum atomic E-state index is 12.9. The molecule has 8 bridgehead atoms. The molecule has 4 aromatic carbocycles. The van der Waals surface area contributed by atoms with Crippen LogP contribution in [0.3, 0.4) is 0 Å². The van der Waals surface area contributed by atoms with E-state index in [9.17, 15) is 10.2 Å². The lowest BCUT2D eigenvalue weighted by Crippen LogP contribution is -2.23. The Morgan fingerprint density at radius 1 is 0.381 bits per heavy atom. The SMILES string of the molecule is Cc1cccc(-c2cccc(COc3c4cc(CCN=C(N)N)cc3Cc3cc(CCN=C(N)N)cc(c3O)Cc3cc(CCN=C(N)N)cc(c3OCc3cccc(-c5cccc(C)n5)n3)Cc3cc(CCN=C(N)N)cc(c3O)C4)n2)n1. The topological polar surface area (TPSA) is 368 Å². The Morgan fingerprint density at radius 3 is 0.917 bits per heavy atom. The molecule has 432 valence electrons. The fraction of sp³-hybridized carbons (Fsp3) is 0.250. The van der Waals surface area contributed by atoms with Crippen molar-refractivity contribution in [2.24, 2.45) is 65.8 Å². The van der Waals surface area contributed by atoms with Crippen LogP contribution in [0.1, 0.15) is 89.5 Å². The Kier molecular flexibility index (Phi) is 18.8. The third-order valence-electron chi connectivity index (χ3n) is 14.2. The summed E-state index contributed by atoms with van der Waals surface area (Å²) in [6.07, 6.45) is 2.64. The minimum atomic E-state index is -0.0310. The number of hydrogen-bond donors (Lipinski definition) is 10. The van der Waals surface area contributed by atoms with Gasteiger partial charge in [0.2, 0.25) is 0 Å². The number of aromatic nitrogens is 4. The summed E-state index contributed by atoms with van der Waals surface area (Å²) < 4.78 is 14.1. The minimum absolute atomic E-state index is 0.0294. The van der Waals surface area contributed by atoms with Crippen LogP contribution in [0.2, 0.25) is 0 Å². The second-order valence-corrected chi connectivity index (χ2v) is 20.9. The summed E-state index contributed by atoms with van der Waals surface area (Å²) >= 11 is 0.